The van der Waals surface area contributed by atoms with Crippen molar-refractivity contribution in [1.29, 1.82) is 0 Å². The third-order valence-corrected chi connectivity index (χ3v) is 6.23. The van der Waals surface area contributed by atoms with Crippen LogP contribution in [0.1, 0.15) is 41.3 Å². The zero-order valence-corrected chi connectivity index (χ0v) is 19.9. The topological polar surface area (TPSA) is 96.1 Å². The third-order valence-electron chi connectivity index (χ3n) is 6.23. The van der Waals surface area contributed by atoms with Crippen molar-refractivity contribution in [2.75, 3.05) is 14.2 Å². The summed E-state index contributed by atoms with van der Waals surface area (Å²) in [4.78, 5) is 13.4. The standard InChI is InChI=1S/C26H28N6O3/c1-34-21-13-12-18(15-22(21)35-2)25-20(17-32(30-25)19-9-5-3-6-10-19)26(33)27-16-24-29-28-23-11-7-4-8-14-31(23)24/h3,5-6,9-10,12-13,15,17H,4,7-8,11,14,16H2,1-2H3,(H,27,33). The third kappa shape index (κ3) is 4.62. The Balaban J connectivity index is 1.47. The fraction of sp³-hybridized carbons (Fsp3) is 0.308. The molecule has 5 rings (SSSR count). The van der Waals surface area contributed by atoms with Gasteiger partial charge in [0.2, 0.25) is 0 Å². The molecule has 0 saturated carbocycles. The average Bonchev–Trinajstić information content (AvgIpc) is 3.44. The molecule has 9 nitrogen and oxygen atoms in total. The number of aryl methyl sites for hydroxylation is 1. The normalized spacial score (nSPS) is 13.1. The fourth-order valence-corrected chi connectivity index (χ4v) is 4.38. The number of benzene rings is 2. The maximum Gasteiger partial charge on any atom is 0.255 e. The molecule has 1 aliphatic heterocycles. The maximum atomic E-state index is 13.4. The summed E-state index contributed by atoms with van der Waals surface area (Å²) in [6.07, 6.45) is 6.08. The molecule has 35 heavy (non-hydrogen) atoms. The summed E-state index contributed by atoms with van der Waals surface area (Å²) in [6.45, 7) is 1.18. The first-order valence-corrected chi connectivity index (χ1v) is 11.7. The SMILES string of the molecule is COc1ccc(-c2nn(-c3ccccc3)cc2C(=O)NCc2nnc3n2CCCCC3)cc1OC. The van der Waals surface area contributed by atoms with Crippen LogP contribution in [0.2, 0.25) is 0 Å². The van der Waals surface area contributed by atoms with Crippen molar-refractivity contribution in [3.63, 3.8) is 0 Å². The minimum atomic E-state index is -0.233. The number of fused-ring (bicyclic) bond motifs is 1. The van der Waals surface area contributed by atoms with Crippen LogP contribution in [0.25, 0.3) is 16.9 Å². The van der Waals surface area contributed by atoms with E-state index in [-0.39, 0.29) is 5.91 Å². The lowest BCUT2D eigenvalue weighted by Gasteiger charge is -2.10. The lowest BCUT2D eigenvalue weighted by atomic mass is 10.1. The van der Waals surface area contributed by atoms with Crippen LogP contribution in [0.5, 0.6) is 11.5 Å². The number of nitrogens with zero attached hydrogens (tertiary/aromatic N) is 5. The van der Waals surface area contributed by atoms with Gasteiger partial charge in [0.25, 0.3) is 5.91 Å². The van der Waals surface area contributed by atoms with E-state index in [1.165, 1.54) is 6.42 Å². The van der Waals surface area contributed by atoms with Gasteiger partial charge in [0, 0.05) is 24.7 Å². The largest absolute Gasteiger partial charge is 0.493 e. The molecule has 1 amide bonds. The van der Waals surface area contributed by atoms with Gasteiger partial charge in [-0.05, 0) is 43.2 Å². The summed E-state index contributed by atoms with van der Waals surface area (Å²) in [7, 11) is 3.17. The fourth-order valence-electron chi connectivity index (χ4n) is 4.38. The molecule has 0 saturated heterocycles. The second-order valence-corrected chi connectivity index (χ2v) is 8.42. The zero-order chi connectivity index (χ0) is 24.2. The predicted molar refractivity (Wildman–Crippen MR) is 131 cm³/mol. The highest BCUT2D eigenvalue weighted by atomic mass is 16.5. The van der Waals surface area contributed by atoms with Crippen molar-refractivity contribution in [2.45, 2.75) is 38.8 Å². The summed E-state index contributed by atoms with van der Waals surface area (Å²) < 4.78 is 14.7. The van der Waals surface area contributed by atoms with E-state index in [4.69, 9.17) is 14.6 Å². The molecule has 0 fully saturated rings. The Morgan fingerprint density at radius 3 is 2.63 bits per heavy atom. The number of nitrogens with one attached hydrogen (secondary N) is 1. The Labute approximate surface area is 203 Å². The van der Waals surface area contributed by atoms with E-state index in [1.807, 2.05) is 48.5 Å². The molecule has 2 aromatic carbocycles. The first kappa shape index (κ1) is 22.6. The Bertz CT molecular complexity index is 1330. The van der Waals surface area contributed by atoms with E-state index in [0.29, 0.717) is 29.3 Å². The van der Waals surface area contributed by atoms with Crippen LogP contribution in [0.3, 0.4) is 0 Å². The summed E-state index contributed by atoms with van der Waals surface area (Å²) in [5.74, 6) is 2.71. The number of rotatable bonds is 7. The Morgan fingerprint density at radius 1 is 1.00 bits per heavy atom. The second kappa shape index (κ2) is 10.0. The average molecular weight is 473 g/mol. The maximum absolute atomic E-state index is 13.4. The molecule has 9 heteroatoms. The monoisotopic (exact) mass is 472 g/mol. The number of amides is 1. The van der Waals surface area contributed by atoms with Gasteiger partial charge in [-0.2, -0.15) is 5.10 Å². The zero-order valence-electron chi connectivity index (χ0n) is 19.9. The van der Waals surface area contributed by atoms with Crippen molar-refractivity contribution >= 4 is 5.91 Å². The number of aromatic nitrogens is 5. The first-order valence-electron chi connectivity index (χ1n) is 11.7. The van der Waals surface area contributed by atoms with Gasteiger partial charge in [-0.25, -0.2) is 4.68 Å². The molecule has 0 unspecified atom stereocenters. The summed E-state index contributed by atoms with van der Waals surface area (Å²) in [6, 6.07) is 15.2. The van der Waals surface area contributed by atoms with E-state index in [2.05, 4.69) is 20.1 Å². The van der Waals surface area contributed by atoms with Crippen LogP contribution >= 0.6 is 0 Å². The number of hydrogen-bond donors (Lipinski definition) is 1. The Kier molecular flexibility index (Phi) is 6.47. The first-order chi connectivity index (χ1) is 17.2. The van der Waals surface area contributed by atoms with Crippen molar-refractivity contribution in [1.82, 2.24) is 29.9 Å². The van der Waals surface area contributed by atoms with Crippen LogP contribution < -0.4 is 14.8 Å². The van der Waals surface area contributed by atoms with Gasteiger partial charge in [-0.3, -0.25) is 4.79 Å². The lowest BCUT2D eigenvalue weighted by molar-refractivity contribution is 0.0950. The number of para-hydroxylation sites is 1. The molecule has 180 valence electrons. The van der Waals surface area contributed by atoms with Crippen LogP contribution in [0, 0.1) is 0 Å². The molecule has 0 radical (unpaired) electrons. The highest BCUT2D eigenvalue weighted by molar-refractivity contribution is 6.00. The molecule has 0 atom stereocenters. The van der Waals surface area contributed by atoms with E-state index >= 15 is 0 Å². The van der Waals surface area contributed by atoms with E-state index in [1.54, 1.807) is 25.1 Å². The van der Waals surface area contributed by atoms with Crippen LogP contribution in [0.15, 0.2) is 54.7 Å². The van der Waals surface area contributed by atoms with Gasteiger partial charge in [-0.15, -0.1) is 10.2 Å². The molecule has 1 N–H and O–H groups in total. The minimum absolute atomic E-state index is 0.233. The van der Waals surface area contributed by atoms with Crippen LogP contribution in [-0.4, -0.2) is 44.7 Å². The molecule has 2 aromatic heterocycles. The minimum Gasteiger partial charge on any atom is -0.493 e. The van der Waals surface area contributed by atoms with Gasteiger partial charge in [0.1, 0.15) is 11.5 Å². The van der Waals surface area contributed by atoms with Gasteiger partial charge < -0.3 is 19.4 Å². The van der Waals surface area contributed by atoms with Crippen LogP contribution in [-0.2, 0) is 19.5 Å². The summed E-state index contributed by atoms with van der Waals surface area (Å²) in [5.41, 5.74) is 2.61. The Hall–Kier alpha value is -4.14. The molecular formula is C26H28N6O3. The van der Waals surface area contributed by atoms with E-state index < -0.39 is 0 Å². The summed E-state index contributed by atoms with van der Waals surface area (Å²) >= 11 is 0. The number of carbonyl (C=O) groups is 1. The molecule has 1 aliphatic rings. The van der Waals surface area contributed by atoms with Crippen molar-refractivity contribution in [3.05, 3.63) is 71.9 Å². The van der Waals surface area contributed by atoms with Crippen molar-refractivity contribution in [3.8, 4) is 28.4 Å². The number of hydrogen-bond acceptors (Lipinski definition) is 6. The Morgan fingerprint density at radius 2 is 1.83 bits per heavy atom. The van der Waals surface area contributed by atoms with E-state index in [0.717, 1.165) is 48.7 Å². The van der Waals surface area contributed by atoms with Gasteiger partial charge >= 0.3 is 0 Å². The molecule has 0 bridgehead atoms. The highest BCUT2D eigenvalue weighted by Gasteiger charge is 2.21. The lowest BCUT2D eigenvalue weighted by Crippen LogP contribution is -2.25. The van der Waals surface area contributed by atoms with Crippen molar-refractivity contribution < 1.29 is 14.3 Å². The molecule has 0 spiro atoms. The molecule has 3 heterocycles. The highest BCUT2D eigenvalue weighted by Crippen LogP contribution is 2.33. The predicted octanol–water partition coefficient (Wildman–Crippen LogP) is 3.80. The summed E-state index contributed by atoms with van der Waals surface area (Å²) in [5, 5.41) is 16.4. The number of ether oxygens (including phenoxy) is 2. The van der Waals surface area contributed by atoms with E-state index in [9.17, 15) is 4.79 Å². The second-order valence-electron chi connectivity index (χ2n) is 8.42. The number of carbonyl (C=O) groups excluding carboxylic acids is 1. The van der Waals surface area contributed by atoms with Crippen LogP contribution in [0.4, 0.5) is 0 Å². The molecular weight excluding hydrogens is 444 g/mol. The molecule has 4 aromatic rings. The van der Waals surface area contributed by atoms with Crippen molar-refractivity contribution in [2.24, 2.45) is 0 Å². The van der Waals surface area contributed by atoms with Gasteiger partial charge in [0.15, 0.2) is 17.3 Å². The van der Waals surface area contributed by atoms with Gasteiger partial charge in [-0.1, -0.05) is 24.6 Å². The smallest absolute Gasteiger partial charge is 0.255 e. The van der Waals surface area contributed by atoms with Gasteiger partial charge in [0.05, 0.1) is 32.0 Å². The quantitative estimate of drug-likeness (QED) is 0.440. The number of methoxy groups -OCH3 is 2. The molecule has 0 aliphatic carbocycles.